The van der Waals surface area contributed by atoms with E-state index in [1.54, 1.807) is 12.1 Å². The highest BCUT2D eigenvalue weighted by atomic mass is 35.5. The zero-order valence-corrected chi connectivity index (χ0v) is 7.79. The van der Waals surface area contributed by atoms with Gasteiger partial charge in [0.1, 0.15) is 0 Å². The second-order valence-corrected chi connectivity index (χ2v) is 2.97. The van der Waals surface area contributed by atoms with Crippen molar-refractivity contribution < 1.29 is 0 Å². The second-order valence-electron chi connectivity index (χ2n) is 1.94. The van der Waals surface area contributed by atoms with E-state index in [1.807, 2.05) is 12.1 Å². The maximum Gasteiger partial charge on any atom is 0.0664 e. The molecule has 0 unspecified atom stereocenters. The van der Waals surface area contributed by atoms with Gasteiger partial charge in [-0.05, 0) is 17.7 Å². The molecule has 58 valence electrons. The fourth-order valence-corrected chi connectivity index (χ4v) is 1.22. The number of rotatable bonds is 1. The van der Waals surface area contributed by atoms with Crippen molar-refractivity contribution >= 4 is 40.9 Å². The molecule has 0 aliphatic rings. The van der Waals surface area contributed by atoms with E-state index in [0.717, 1.165) is 5.56 Å². The van der Waals surface area contributed by atoms with Crippen molar-refractivity contribution in [2.24, 2.45) is 0 Å². The maximum absolute atomic E-state index is 5.83. The molecule has 0 fully saturated rings. The summed E-state index contributed by atoms with van der Waals surface area (Å²) in [7, 11) is 0. The van der Waals surface area contributed by atoms with E-state index in [2.05, 4.69) is 0 Å². The minimum atomic E-state index is 0.533. The van der Waals surface area contributed by atoms with Crippen molar-refractivity contribution in [3.05, 3.63) is 39.3 Å². The molecule has 0 atom stereocenters. The van der Waals surface area contributed by atoms with E-state index in [4.69, 9.17) is 34.8 Å². The molecule has 0 saturated carbocycles. The van der Waals surface area contributed by atoms with Crippen LogP contribution in [0.4, 0.5) is 0 Å². The first-order valence-electron chi connectivity index (χ1n) is 2.96. The molecule has 0 saturated heterocycles. The number of halogens is 3. The normalized spacial score (nSPS) is 10.8. The quantitative estimate of drug-likeness (QED) is 0.647. The van der Waals surface area contributed by atoms with Gasteiger partial charge in [-0.2, -0.15) is 0 Å². The van der Waals surface area contributed by atoms with E-state index in [0.29, 0.717) is 10.0 Å². The SMILES string of the molecule is ClC=Cc1cccc(Cl)c1Cl. The van der Waals surface area contributed by atoms with Crippen LogP contribution < -0.4 is 0 Å². The maximum atomic E-state index is 5.83. The summed E-state index contributed by atoms with van der Waals surface area (Å²) >= 11 is 16.9. The van der Waals surface area contributed by atoms with Crippen molar-refractivity contribution in [3.63, 3.8) is 0 Å². The predicted octanol–water partition coefficient (Wildman–Crippen LogP) is 4.20. The topological polar surface area (TPSA) is 0 Å². The molecule has 0 nitrogen and oxygen atoms in total. The third-order valence-electron chi connectivity index (χ3n) is 1.22. The van der Waals surface area contributed by atoms with E-state index in [-0.39, 0.29) is 0 Å². The van der Waals surface area contributed by atoms with E-state index in [1.165, 1.54) is 5.54 Å². The summed E-state index contributed by atoms with van der Waals surface area (Å²) in [5.41, 5.74) is 2.23. The first-order chi connectivity index (χ1) is 5.25. The zero-order valence-electron chi connectivity index (χ0n) is 5.52. The lowest BCUT2D eigenvalue weighted by Crippen LogP contribution is -1.74. The van der Waals surface area contributed by atoms with Crippen molar-refractivity contribution in [1.29, 1.82) is 0 Å². The summed E-state index contributed by atoms with van der Waals surface area (Å²) in [6, 6.07) is 5.39. The highest BCUT2D eigenvalue weighted by molar-refractivity contribution is 6.43. The van der Waals surface area contributed by atoms with Crippen molar-refractivity contribution in [1.82, 2.24) is 0 Å². The smallest absolute Gasteiger partial charge is 0.0664 e. The molecule has 0 heterocycles. The summed E-state index contributed by atoms with van der Waals surface area (Å²) < 4.78 is 0. The molecule has 0 N–H and O–H groups in total. The predicted molar refractivity (Wildman–Crippen MR) is 51.3 cm³/mol. The van der Waals surface area contributed by atoms with E-state index >= 15 is 0 Å². The highest BCUT2D eigenvalue weighted by Crippen LogP contribution is 2.26. The van der Waals surface area contributed by atoms with Gasteiger partial charge in [0.15, 0.2) is 0 Å². The molecular weight excluding hydrogens is 202 g/mol. The molecule has 11 heavy (non-hydrogen) atoms. The lowest BCUT2D eigenvalue weighted by Gasteiger charge is -1.98. The van der Waals surface area contributed by atoms with Gasteiger partial charge < -0.3 is 0 Å². The van der Waals surface area contributed by atoms with Crippen LogP contribution in [0.2, 0.25) is 10.0 Å². The first kappa shape index (κ1) is 8.92. The van der Waals surface area contributed by atoms with Gasteiger partial charge in [0, 0.05) is 5.54 Å². The van der Waals surface area contributed by atoms with E-state index in [9.17, 15) is 0 Å². The minimum Gasteiger partial charge on any atom is -0.0929 e. The Morgan fingerprint density at radius 3 is 2.55 bits per heavy atom. The Morgan fingerprint density at radius 1 is 1.18 bits per heavy atom. The van der Waals surface area contributed by atoms with Gasteiger partial charge in [-0.15, -0.1) is 0 Å². The molecule has 0 bridgehead atoms. The summed E-state index contributed by atoms with van der Waals surface area (Å²) in [6.07, 6.45) is 1.69. The van der Waals surface area contributed by atoms with Gasteiger partial charge in [0.25, 0.3) is 0 Å². The van der Waals surface area contributed by atoms with Crippen LogP contribution in [0.1, 0.15) is 5.56 Å². The molecule has 0 amide bonds. The van der Waals surface area contributed by atoms with Gasteiger partial charge in [0.2, 0.25) is 0 Å². The molecule has 0 aliphatic heterocycles. The zero-order chi connectivity index (χ0) is 8.27. The molecule has 1 aromatic carbocycles. The van der Waals surface area contributed by atoms with Gasteiger partial charge >= 0.3 is 0 Å². The Bertz CT molecular complexity index is 279. The Kier molecular flexibility index (Phi) is 3.25. The highest BCUT2D eigenvalue weighted by Gasteiger charge is 1.99. The lowest BCUT2D eigenvalue weighted by molar-refractivity contribution is 1.66. The number of benzene rings is 1. The van der Waals surface area contributed by atoms with Crippen molar-refractivity contribution in [2.45, 2.75) is 0 Å². The standard InChI is InChI=1S/C8H5Cl3/c9-5-4-6-2-1-3-7(10)8(6)11/h1-5H. The molecule has 0 aromatic heterocycles. The molecule has 0 spiro atoms. The summed E-state index contributed by atoms with van der Waals surface area (Å²) in [5.74, 6) is 0. The number of hydrogen-bond donors (Lipinski definition) is 0. The Hall–Kier alpha value is -0.170. The molecule has 1 rings (SSSR count). The third kappa shape index (κ3) is 2.13. The summed E-state index contributed by atoms with van der Waals surface area (Å²) in [6.45, 7) is 0. The minimum absolute atomic E-state index is 0.533. The average molecular weight is 207 g/mol. The summed E-state index contributed by atoms with van der Waals surface area (Å²) in [5, 5.41) is 1.07. The van der Waals surface area contributed by atoms with Crippen LogP contribution >= 0.6 is 34.8 Å². The largest absolute Gasteiger partial charge is 0.0929 e. The Balaban J connectivity index is 3.16. The monoisotopic (exact) mass is 206 g/mol. The van der Waals surface area contributed by atoms with Crippen LogP contribution in [0, 0.1) is 0 Å². The van der Waals surface area contributed by atoms with Gasteiger partial charge in [-0.25, -0.2) is 0 Å². The van der Waals surface area contributed by atoms with Crippen molar-refractivity contribution in [3.8, 4) is 0 Å². The summed E-state index contributed by atoms with van der Waals surface area (Å²) in [4.78, 5) is 0. The van der Waals surface area contributed by atoms with Crippen LogP contribution in [0.3, 0.4) is 0 Å². The molecule has 1 aromatic rings. The van der Waals surface area contributed by atoms with Crippen LogP contribution in [0.5, 0.6) is 0 Å². The van der Waals surface area contributed by atoms with Gasteiger partial charge in [-0.1, -0.05) is 46.9 Å². The lowest BCUT2D eigenvalue weighted by atomic mass is 10.2. The van der Waals surface area contributed by atoms with Gasteiger partial charge in [-0.3, -0.25) is 0 Å². The average Bonchev–Trinajstić information content (AvgIpc) is 1.99. The molecule has 0 radical (unpaired) electrons. The van der Waals surface area contributed by atoms with Crippen molar-refractivity contribution in [2.75, 3.05) is 0 Å². The fourth-order valence-electron chi connectivity index (χ4n) is 0.717. The van der Waals surface area contributed by atoms with E-state index < -0.39 is 0 Å². The Morgan fingerprint density at radius 2 is 1.91 bits per heavy atom. The van der Waals surface area contributed by atoms with Crippen LogP contribution in [-0.2, 0) is 0 Å². The van der Waals surface area contributed by atoms with Crippen LogP contribution in [-0.4, -0.2) is 0 Å². The fraction of sp³-hybridized carbons (Fsp3) is 0. The number of hydrogen-bond acceptors (Lipinski definition) is 0. The molecular formula is C8H5Cl3. The second kappa shape index (κ2) is 4.01. The Labute approximate surface area is 80.4 Å². The van der Waals surface area contributed by atoms with Crippen LogP contribution in [0.25, 0.3) is 6.08 Å². The van der Waals surface area contributed by atoms with Gasteiger partial charge in [0.05, 0.1) is 10.0 Å². The van der Waals surface area contributed by atoms with Crippen LogP contribution in [0.15, 0.2) is 23.7 Å². The third-order valence-corrected chi connectivity index (χ3v) is 2.18. The molecule has 0 aliphatic carbocycles. The molecule has 3 heteroatoms. The first-order valence-corrected chi connectivity index (χ1v) is 4.15.